The average Bonchev–Trinajstić information content (AvgIpc) is 2.73. The van der Waals surface area contributed by atoms with Crippen molar-refractivity contribution in [3.63, 3.8) is 0 Å². The predicted molar refractivity (Wildman–Crippen MR) is 109 cm³/mol. The van der Waals surface area contributed by atoms with Crippen LogP contribution in [0.5, 0.6) is 0 Å². The summed E-state index contributed by atoms with van der Waals surface area (Å²) >= 11 is 0. The highest BCUT2D eigenvalue weighted by molar-refractivity contribution is 5.94. The summed E-state index contributed by atoms with van der Waals surface area (Å²) in [7, 11) is 0. The Bertz CT molecular complexity index is 506. The number of carbonyl (C=O) groups excluding carboxylic acids is 1. The van der Waals surface area contributed by atoms with Crippen molar-refractivity contribution in [3.05, 3.63) is 30.1 Å². The molecular weight excluding hydrogens is 340 g/mol. The maximum atomic E-state index is 12.9. The van der Waals surface area contributed by atoms with E-state index < -0.39 is 0 Å². The summed E-state index contributed by atoms with van der Waals surface area (Å²) in [6.07, 6.45) is 13.9. The highest BCUT2D eigenvalue weighted by atomic mass is 16.2. The molecule has 1 amide bonds. The normalized spacial score (nSPS) is 17.0. The smallest absolute Gasteiger partial charge is 0.256 e. The van der Waals surface area contributed by atoms with Crippen molar-refractivity contribution in [2.24, 2.45) is 0 Å². The van der Waals surface area contributed by atoms with Gasteiger partial charge in [-0.05, 0) is 25.0 Å². The fraction of sp³-hybridized carbons (Fsp3) is 0.714. The quantitative estimate of drug-likeness (QED) is 0.461. The second kappa shape index (κ2) is 13.6. The maximum absolute atomic E-state index is 12.9. The van der Waals surface area contributed by atoms with Crippen molar-refractivity contribution in [1.29, 1.82) is 0 Å². The third-order valence-electron chi connectivity index (χ3n) is 5.12. The van der Waals surface area contributed by atoms with E-state index in [2.05, 4.69) is 15.6 Å². The van der Waals surface area contributed by atoms with E-state index in [0.717, 1.165) is 51.9 Å². The van der Waals surface area contributed by atoms with E-state index in [1.54, 1.807) is 12.4 Å². The molecule has 27 heavy (non-hydrogen) atoms. The number of piperazine rings is 1. The van der Waals surface area contributed by atoms with Crippen LogP contribution in [-0.2, 0) is 0 Å². The van der Waals surface area contributed by atoms with E-state index in [-0.39, 0.29) is 12.1 Å². The van der Waals surface area contributed by atoms with Gasteiger partial charge in [-0.15, -0.1) is 0 Å². The van der Waals surface area contributed by atoms with Gasteiger partial charge in [0.25, 0.3) is 5.91 Å². The minimum atomic E-state index is 0.0537. The molecule has 1 fully saturated rings. The number of nitrogens with zero attached hydrogens (tertiary/aromatic N) is 2. The van der Waals surface area contributed by atoms with Gasteiger partial charge < -0.3 is 15.3 Å². The maximum Gasteiger partial charge on any atom is 0.256 e. The molecule has 0 aliphatic carbocycles. The first-order valence-electron chi connectivity index (χ1n) is 10.6. The molecule has 0 saturated carbocycles. The number of carbonyl (C=O) groups is 1. The molecule has 1 aliphatic heterocycles. The molecule has 6 heteroatoms. The number of pyridine rings is 1. The van der Waals surface area contributed by atoms with Crippen LogP contribution in [0.25, 0.3) is 0 Å². The number of nitrogens with one attached hydrogen (secondary N) is 2. The van der Waals surface area contributed by atoms with E-state index in [9.17, 15) is 4.79 Å². The molecule has 0 radical (unpaired) electrons. The Balaban J connectivity index is 1.70. The standard InChI is InChI=1S/C21H36N4O2/c26-16-9-7-5-3-1-2-4-6-8-15-25(20-18-23-13-14-24-20)21(27)19-11-10-12-22-17-19/h10-12,17,20,23-24,26H,1-9,13-16,18H2. The topological polar surface area (TPSA) is 77.5 Å². The van der Waals surface area contributed by atoms with Gasteiger partial charge >= 0.3 is 0 Å². The minimum Gasteiger partial charge on any atom is -0.396 e. The fourth-order valence-corrected chi connectivity index (χ4v) is 3.54. The predicted octanol–water partition coefficient (Wildman–Crippen LogP) is 2.55. The van der Waals surface area contributed by atoms with Gasteiger partial charge in [0.1, 0.15) is 0 Å². The Hall–Kier alpha value is -1.50. The van der Waals surface area contributed by atoms with Crippen molar-refractivity contribution in [1.82, 2.24) is 20.5 Å². The van der Waals surface area contributed by atoms with Gasteiger partial charge in [0.2, 0.25) is 0 Å². The lowest BCUT2D eigenvalue weighted by Gasteiger charge is -2.35. The van der Waals surface area contributed by atoms with Crippen LogP contribution in [0.1, 0.15) is 68.1 Å². The molecule has 1 aromatic rings. The molecule has 2 heterocycles. The van der Waals surface area contributed by atoms with Crippen molar-refractivity contribution in [2.45, 2.75) is 64.0 Å². The molecule has 2 rings (SSSR count). The summed E-state index contributed by atoms with van der Waals surface area (Å²) in [4.78, 5) is 19.0. The van der Waals surface area contributed by atoms with Gasteiger partial charge in [0, 0.05) is 45.2 Å². The van der Waals surface area contributed by atoms with Gasteiger partial charge in [-0.2, -0.15) is 0 Å². The van der Waals surface area contributed by atoms with Gasteiger partial charge in [-0.25, -0.2) is 0 Å². The summed E-state index contributed by atoms with van der Waals surface area (Å²) < 4.78 is 0. The zero-order valence-corrected chi connectivity index (χ0v) is 16.5. The van der Waals surface area contributed by atoms with Crippen molar-refractivity contribution < 1.29 is 9.90 Å². The summed E-state index contributed by atoms with van der Waals surface area (Å²) in [6.45, 7) is 3.73. The molecule has 0 aromatic carbocycles. The molecule has 0 bridgehead atoms. The van der Waals surface area contributed by atoms with Gasteiger partial charge in [0.05, 0.1) is 11.7 Å². The van der Waals surface area contributed by atoms with E-state index in [0.29, 0.717) is 12.2 Å². The zero-order chi connectivity index (χ0) is 19.2. The fourth-order valence-electron chi connectivity index (χ4n) is 3.54. The lowest BCUT2D eigenvalue weighted by molar-refractivity contribution is 0.0615. The Morgan fingerprint density at radius 2 is 1.78 bits per heavy atom. The van der Waals surface area contributed by atoms with E-state index in [1.165, 1.54) is 32.1 Å². The largest absolute Gasteiger partial charge is 0.396 e. The van der Waals surface area contributed by atoms with Crippen LogP contribution in [0.3, 0.4) is 0 Å². The van der Waals surface area contributed by atoms with Gasteiger partial charge in [0.15, 0.2) is 0 Å². The Morgan fingerprint density at radius 3 is 2.37 bits per heavy atom. The van der Waals surface area contributed by atoms with Gasteiger partial charge in [-0.3, -0.25) is 15.1 Å². The summed E-state index contributed by atoms with van der Waals surface area (Å²) in [5, 5.41) is 15.6. The molecule has 1 aliphatic rings. The number of hydrogen-bond acceptors (Lipinski definition) is 5. The van der Waals surface area contributed by atoms with Crippen LogP contribution < -0.4 is 10.6 Å². The van der Waals surface area contributed by atoms with Crippen molar-refractivity contribution in [3.8, 4) is 0 Å². The van der Waals surface area contributed by atoms with Crippen LogP contribution >= 0.6 is 0 Å². The van der Waals surface area contributed by atoms with E-state index in [4.69, 9.17) is 5.11 Å². The first-order valence-corrected chi connectivity index (χ1v) is 10.6. The summed E-state index contributed by atoms with van der Waals surface area (Å²) in [5.74, 6) is 0.0631. The third kappa shape index (κ3) is 8.37. The number of hydrogen-bond donors (Lipinski definition) is 3. The molecule has 0 spiro atoms. The minimum absolute atomic E-state index is 0.0537. The monoisotopic (exact) mass is 376 g/mol. The van der Waals surface area contributed by atoms with Gasteiger partial charge in [-0.1, -0.05) is 44.9 Å². The molecular formula is C21H36N4O2. The Labute approximate surface area is 163 Å². The highest BCUT2D eigenvalue weighted by Gasteiger charge is 2.25. The SMILES string of the molecule is O=C(c1cccnc1)N(CCCCCCCCCCCO)C1CNCCN1. The zero-order valence-electron chi connectivity index (χ0n) is 16.5. The van der Waals surface area contributed by atoms with Crippen molar-refractivity contribution in [2.75, 3.05) is 32.8 Å². The highest BCUT2D eigenvalue weighted by Crippen LogP contribution is 2.13. The average molecular weight is 377 g/mol. The third-order valence-corrected chi connectivity index (χ3v) is 5.12. The molecule has 6 nitrogen and oxygen atoms in total. The van der Waals surface area contributed by atoms with Crippen LogP contribution in [-0.4, -0.2) is 59.8 Å². The lowest BCUT2D eigenvalue weighted by Crippen LogP contribution is -2.59. The molecule has 3 N–H and O–H groups in total. The van der Waals surface area contributed by atoms with E-state index in [1.807, 2.05) is 17.0 Å². The molecule has 1 saturated heterocycles. The number of aliphatic hydroxyl groups is 1. The second-order valence-electron chi connectivity index (χ2n) is 7.32. The molecule has 1 unspecified atom stereocenters. The van der Waals surface area contributed by atoms with Crippen LogP contribution in [0.15, 0.2) is 24.5 Å². The molecule has 1 aromatic heterocycles. The van der Waals surface area contributed by atoms with Crippen molar-refractivity contribution >= 4 is 5.91 Å². The second-order valence-corrected chi connectivity index (χ2v) is 7.32. The first-order chi connectivity index (χ1) is 13.3. The molecule has 1 atom stereocenters. The van der Waals surface area contributed by atoms with Crippen LogP contribution in [0, 0.1) is 0 Å². The number of rotatable bonds is 13. The number of aliphatic hydroxyl groups excluding tert-OH is 1. The number of unbranched alkanes of at least 4 members (excludes halogenated alkanes) is 8. The molecule has 152 valence electrons. The van der Waals surface area contributed by atoms with E-state index >= 15 is 0 Å². The number of amides is 1. The number of aromatic nitrogens is 1. The van der Waals surface area contributed by atoms with Crippen LogP contribution in [0.4, 0.5) is 0 Å². The Morgan fingerprint density at radius 1 is 1.07 bits per heavy atom. The summed E-state index contributed by atoms with van der Waals surface area (Å²) in [6, 6.07) is 3.66. The summed E-state index contributed by atoms with van der Waals surface area (Å²) in [5.41, 5.74) is 0.660. The Kier molecular flexibility index (Phi) is 11.0. The lowest BCUT2D eigenvalue weighted by atomic mass is 10.1. The first kappa shape index (κ1) is 21.8. The van der Waals surface area contributed by atoms with Crippen LogP contribution in [0.2, 0.25) is 0 Å².